The Morgan fingerprint density at radius 1 is 1.26 bits per heavy atom. The van der Waals surface area contributed by atoms with E-state index in [1.54, 1.807) is 6.20 Å². The predicted octanol–water partition coefficient (Wildman–Crippen LogP) is 2.76. The molecule has 0 bridgehead atoms. The average Bonchev–Trinajstić information content (AvgIpc) is 2.41. The fourth-order valence-electron chi connectivity index (χ4n) is 1.88. The molecule has 19 heavy (non-hydrogen) atoms. The summed E-state index contributed by atoms with van der Waals surface area (Å²) in [4.78, 5) is 8.34. The zero-order chi connectivity index (χ0) is 13.9. The third-order valence-electron chi connectivity index (χ3n) is 3.32. The summed E-state index contributed by atoms with van der Waals surface area (Å²) in [5, 5.41) is 3.36. The van der Waals surface area contributed by atoms with E-state index in [1.807, 2.05) is 37.5 Å². The van der Waals surface area contributed by atoms with Crippen LogP contribution in [-0.2, 0) is 5.41 Å². The molecule has 2 aromatic rings. The normalized spacial score (nSPS) is 11.3. The number of hydrogen-bond acceptors (Lipinski definition) is 4. The first-order valence-electron chi connectivity index (χ1n) is 6.35. The summed E-state index contributed by atoms with van der Waals surface area (Å²) < 4.78 is 0. The van der Waals surface area contributed by atoms with Gasteiger partial charge in [0.25, 0.3) is 0 Å². The van der Waals surface area contributed by atoms with Gasteiger partial charge in [-0.05, 0) is 36.2 Å². The van der Waals surface area contributed by atoms with Crippen LogP contribution in [0.4, 0.5) is 11.5 Å². The number of rotatable bonds is 4. The minimum absolute atomic E-state index is 0.0138. The maximum Gasteiger partial charge on any atom is 0.126 e. The Labute approximate surface area is 114 Å². The number of nitrogens with one attached hydrogen (secondary N) is 1. The number of pyridine rings is 2. The molecule has 100 valence electrons. The first kappa shape index (κ1) is 13.3. The molecule has 0 aromatic carbocycles. The van der Waals surface area contributed by atoms with Gasteiger partial charge in [-0.1, -0.05) is 13.8 Å². The fraction of sp³-hybridized carbons (Fsp3) is 0.333. The van der Waals surface area contributed by atoms with Crippen molar-refractivity contribution in [2.75, 3.05) is 17.6 Å². The molecule has 4 nitrogen and oxygen atoms in total. The molecule has 4 heteroatoms. The second kappa shape index (κ2) is 5.26. The first-order chi connectivity index (χ1) is 8.99. The van der Waals surface area contributed by atoms with E-state index < -0.39 is 0 Å². The number of nitrogens with zero attached hydrogens (tertiary/aromatic N) is 2. The third kappa shape index (κ3) is 3.22. The van der Waals surface area contributed by atoms with E-state index in [2.05, 4.69) is 29.1 Å². The minimum atomic E-state index is 0.0138. The predicted molar refractivity (Wildman–Crippen MR) is 79.1 cm³/mol. The van der Waals surface area contributed by atoms with Gasteiger partial charge in [0.05, 0.1) is 11.9 Å². The van der Waals surface area contributed by atoms with Gasteiger partial charge in [0.15, 0.2) is 0 Å². The van der Waals surface area contributed by atoms with E-state index in [-0.39, 0.29) is 5.41 Å². The molecule has 0 unspecified atom stereocenters. The Bertz CT molecular complexity index is 549. The Kier molecular flexibility index (Phi) is 3.69. The van der Waals surface area contributed by atoms with Gasteiger partial charge in [-0.15, -0.1) is 0 Å². The lowest BCUT2D eigenvalue weighted by Crippen LogP contribution is -2.27. The van der Waals surface area contributed by atoms with Crippen molar-refractivity contribution in [3.63, 3.8) is 0 Å². The second-order valence-electron chi connectivity index (χ2n) is 5.40. The summed E-state index contributed by atoms with van der Waals surface area (Å²) in [6.45, 7) is 7.17. The minimum Gasteiger partial charge on any atom is -0.397 e. The molecule has 0 atom stereocenters. The Balaban J connectivity index is 2.07. The van der Waals surface area contributed by atoms with E-state index in [0.29, 0.717) is 0 Å². The van der Waals surface area contributed by atoms with Crippen molar-refractivity contribution in [1.82, 2.24) is 9.97 Å². The van der Waals surface area contributed by atoms with Crippen molar-refractivity contribution in [1.29, 1.82) is 0 Å². The summed E-state index contributed by atoms with van der Waals surface area (Å²) in [6.07, 6.45) is 5.34. The number of aromatic nitrogens is 2. The lowest BCUT2D eigenvalue weighted by atomic mass is 9.85. The van der Waals surface area contributed by atoms with E-state index >= 15 is 0 Å². The molecule has 2 heterocycles. The van der Waals surface area contributed by atoms with Crippen molar-refractivity contribution < 1.29 is 0 Å². The standard InChI is InChI=1S/C15H20N4/c1-11-8-14(18-9-13(11)16)19-10-15(2,3)12-4-6-17-7-5-12/h4-9H,10,16H2,1-3H3,(H,18,19). The number of nitrogen functional groups attached to an aromatic ring is 1. The van der Waals surface area contributed by atoms with Gasteiger partial charge in [-0.25, -0.2) is 4.98 Å². The van der Waals surface area contributed by atoms with Gasteiger partial charge < -0.3 is 11.1 Å². The summed E-state index contributed by atoms with van der Waals surface area (Å²) in [5.41, 5.74) is 8.79. The fourth-order valence-corrected chi connectivity index (χ4v) is 1.88. The van der Waals surface area contributed by atoms with Crippen LogP contribution in [0.2, 0.25) is 0 Å². The van der Waals surface area contributed by atoms with Crippen molar-refractivity contribution in [3.05, 3.63) is 47.9 Å². The van der Waals surface area contributed by atoms with E-state index in [4.69, 9.17) is 5.73 Å². The molecule has 0 saturated carbocycles. The molecule has 0 saturated heterocycles. The number of anilines is 2. The lowest BCUT2D eigenvalue weighted by Gasteiger charge is -2.25. The van der Waals surface area contributed by atoms with Gasteiger partial charge in [-0.3, -0.25) is 4.98 Å². The summed E-state index contributed by atoms with van der Waals surface area (Å²) in [6, 6.07) is 6.06. The highest BCUT2D eigenvalue weighted by Crippen LogP contribution is 2.23. The van der Waals surface area contributed by atoms with Crippen LogP contribution in [0.1, 0.15) is 25.0 Å². The molecular weight excluding hydrogens is 236 g/mol. The number of aryl methyl sites for hydroxylation is 1. The Morgan fingerprint density at radius 2 is 1.95 bits per heavy atom. The van der Waals surface area contributed by atoms with Crippen LogP contribution >= 0.6 is 0 Å². The number of hydrogen-bond donors (Lipinski definition) is 2. The maximum absolute atomic E-state index is 5.76. The van der Waals surface area contributed by atoms with Crippen molar-refractivity contribution in [2.45, 2.75) is 26.2 Å². The number of nitrogens with two attached hydrogens (primary N) is 1. The second-order valence-corrected chi connectivity index (χ2v) is 5.40. The van der Waals surface area contributed by atoms with Gasteiger partial charge in [0.2, 0.25) is 0 Å². The highest BCUT2D eigenvalue weighted by atomic mass is 15.0. The molecule has 2 rings (SSSR count). The monoisotopic (exact) mass is 256 g/mol. The topological polar surface area (TPSA) is 63.8 Å². The highest BCUT2D eigenvalue weighted by Gasteiger charge is 2.20. The molecule has 0 amide bonds. The summed E-state index contributed by atoms with van der Waals surface area (Å²) in [7, 11) is 0. The molecule has 0 aliphatic heterocycles. The molecule has 0 radical (unpaired) electrons. The van der Waals surface area contributed by atoms with E-state index in [1.165, 1.54) is 5.56 Å². The highest BCUT2D eigenvalue weighted by molar-refractivity contribution is 5.51. The Hall–Kier alpha value is -2.10. The molecule has 0 fully saturated rings. The average molecular weight is 256 g/mol. The SMILES string of the molecule is Cc1cc(NCC(C)(C)c2ccncc2)ncc1N. The van der Waals surface area contributed by atoms with E-state index in [9.17, 15) is 0 Å². The largest absolute Gasteiger partial charge is 0.397 e. The van der Waals surface area contributed by atoms with Crippen LogP contribution in [0.15, 0.2) is 36.8 Å². The zero-order valence-corrected chi connectivity index (χ0v) is 11.6. The maximum atomic E-state index is 5.76. The van der Waals surface area contributed by atoms with Crippen LogP contribution in [0.5, 0.6) is 0 Å². The molecule has 0 aliphatic rings. The molecular formula is C15H20N4. The van der Waals surface area contributed by atoms with Crippen LogP contribution in [0.3, 0.4) is 0 Å². The molecule has 2 aromatic heterocycles. The van der Waals surface area contributed by atoms with E-state index in [0.717, 1.165) is 23.6 Å². The molecule has 0 aliphatic carbocycles. The van der Waals surface area contributed by atoms with Crippen molar-refractivity contribution in [3.8, 4) is 0 Å². The van der Waals surface area contributed by atoms with Crippen LogP contribution in [0, 0.1) is 6.92 Å². The zero-order valence-electron chi connectivity index (χ0n) is 11.6. The summed E-state index contributed by atoms with van der Waals surface area (Å²) in [5.74, 6) is 0.855. The van der Waals surface area contributed by atoms with Crippen molar-refractivity contribution >= 4 is 11.5 Å². The lowest BCUT2D eigenvalue weighted by molar-refractivity contribution is 0.555. The smallest absolute Gasteiger partial charge is 0.126 e. The van der Waals surface area contributed by atoms with Gasteiger partial charge in [-0.2, -0.15) is 0 Å². The van der Waals surface area contributed by atoms with Gasteiger partial charge >= 0.3 is 0 Å². The van der Waals surface area contributed by atoms with Crippen molar-refractivity contribution in [2.24, 2.45) is 0 Å². The van der Waals surface area contributed by atoms with Gasteiger partial charge in [0, 0.05) is 24.4 Å². The quantitative estimate of drug-likeness (QED) is 0.883. The third-order valence-corrected chi connectivity index (χ3v) is 3.32. The first-order valence-corrected chi connectivity index (χ1v) is 6.35. The van der Waals surface area contributed by atoms with Gasteiger partial charge in [0.1, 0.15) is 5.82 Å². The van der Waals surface area contributed by atoms with Crippen LogP contribution in [-0.4, -0.2) is 16.5 Å². The summed E-state index contributed by atoms with van der Waals surface area (Å²) >= 11 is 0. The van der Waals surface area contributed by atoms with Crippen LogP contribution < -0.4 is 11.1 Å². The van der Waals surface area contributed by atoms with Crippen LogP contribution in [0.25, 0.3) is 0 Å². The Morgan fingerprint density at radius 3 is 2.58 bits per heavy atom. The molecule has 3 N–H and O–H groups in total. The molecule has 0 spiro atoms.